The summed E-state index contributed by atoms with van der Waals surface area (Å²) in [5, 5.41) is 31.5. The lowest BCUT2D eigenvalue weighted by atomic mass is 9.76. The Balaban J connectivity index is 0.643. The number of hydrogen-bond acceptors (Lipinski definition) is 15. The van der Waals surface area contributed by atoms with E-state index < -0.39 is 54.2 Å². The van der Waals surface area contributed by atoms with Crippen molar-refractivity contribution in [1.82, 2.24) is 44.6 Å². The number of H-pyrrole nitrogens is 1. The number of ketones is 1. The molecule has 0 spiro atoms. The van der Waals surface area contributed by atoms with Gasteiger partial charge in [0.25, 0.3) is 11.8 Å². The van der Waals surface area contributed by atoms with Gasteiger partial charge in [-0.1, -0.05) is 58.6 Å². The van der Waals surface area contributed by atoms with Crippen LogP contribution in [0.5, 0.6) is 0 Å². The van der Waals surface area contributed by atoms with Crippen molar-refractivity contribution in [3.8, 4) is 0 Å². The van der Waals surface area contributed by atoms with Crippen LogP contribution in [-0.2, 0) is 31.0 Å². The van der Waals surface area contributed by atoms with Gasteiger partial charge < -0.3 is 30.6 Å². The SMILES string of the molecule is CC(C)N(C[C@H]1O[C@@H](n2cnc3c(NCCCCCC(=O)CCCCCCCNc4cccc5c4C(=O)N(C4CCC(=O)NC4=O)C5=O)ncnc32)[C@@H](O)C1O)C1CC(CCc2nc3ccc(C(C)(C)C)cc3[nH]2)C1. The monoisotopic (exact) mass is 1030 g/mol. The molecule has 3 aliphatic heterocycles. The number of aromatic amines is 1. The lowest BCUT2D eigenvalue weighted by Crippen LogP contribution is -2.54. The van der Waals surface area contributed by atoms with Crippen LogP contribution in [0.15, 0.2) is 49.1 Å². The number of amides is 4. The molecule has 2 aromatic carbocycles. The molecule has 1 aliphatic carbocycles. The summed E-state index contributed by atoms with van der Waals surface area (Å²) in [6, 6.07) is 11.2. The van der Waals surface area contributed by atoms with Crippen molar-refractivity contribution in [3.63, 3.8) is 0 Å². The number of nitrogens with zero attached hydrogens (tertiary/aromatic N) is 7. The van der Waals surface area contributed by atoms with Crippen molar-refractivity contribution in [3.05, 3.63) is 71.6 Å². The summed E-state index contributed by atoms with van der Waals surface area (Å²) in [5.74, 6) is 0.382. The van der Waals surface area contributed by atoms with Crippen LogP contribution in [0.2, 0.25) is 0 Å². The molecule has 75 heavy (non-hydrogen) atoms. The molecule has 19 nitrogen and oxygen atoms in total. The highest BCUT2D eigenvalue weighted by Crippen LogP contribution is 2.39. The molecule has 19 heteroatoms. The fourth-order valence-electron chi connectivity index (χ4n) is 11.3. The van der Waals surface area contributed by atoms with Crippen LogP contribution in [0.4, 0.5) is 11.5 Å². The quantitative estimate of drug-likeness (QED) is 0.0251. The number of hydrogen-bond donors (Lipinski definition) is 6. The summed E-state index contributed by atoms with van der Waals surface area (Å²) < 4.78 is 8.13. The number of carbonyl (C=O) groups is 5. The van der Waals surface area contributed by atoms with Gasteiger partial charge in [0, 0.05) is 63.1 Å². The summed E-state index contributed by atoms with van der Waals surface area (Å²) in [7, 11) is 0. The molecule has 9 rings (SSSR count). The highest BCUT2D eigenvalue weighted by molar-refractivity contribution is 6.25. The van der Waals surface area contributed by atoms with Crippen molar-refractivity contribution in [1.29, 1.82) is 0 Å². The molecule has 3 aromatic heterocycles. The molecule has 2 saturated heterocycles. The van der Waals surface area contributed by atoms with Crippen molar-refractivity contribution in [2.24, 2.45) is 5.92 Å². The normalized spacial score (nSPS) is 22.9. The van der Waals surface area contributed by atoms with Crippen LogP contribution in [0.3, 0.4) is 0 Å². The van der Waals surface area contributed by atoms with E-state index in [0.29, 0.717) is 67.1 Å². The number of Topliss-reactive ketones (excluding diaryl/α,β-unsaturated/α-hetero) is 1. The first-order valence-corrected chi connectivity index (χ1v) is 27.3. The molecule has 0 radical (unpaired) electrons. The zero-order valence-corrected chi connectivity index (χ0v) is 44.1. The van der Waals surface area contributed by atoms with Crippen LogP contribution in [0, 0.1) is 5.92 Å². The number of aromatic nitrogens is 6. The maximum atomic E-state index is 13.3. The first kappa shape index (κ1) is 53.7. The fourth-order valence-corrected chi connectivity index (χ4v) is 11.3. The number of nitrogens with one attached hydrogen (secondary N) is 4. The number of fused-ring (bicyclic) bond motifs is 3. The molecule has 4 aliphatic rings. The number of anilines is 2. The lowest BCUT2D eigenvalue weighted by Gasteiger charge is -2.46. The Bertz CT molecular complexity index is 2870. The van der Waals surface area contributed by atoms with Gasteiger partial charge in [-0.2, -0.15) is 0 Å². The summed E-state index contributed by atoms with van der Waals surface area (Å²) in [6.45, 7) is 12.8. The number of ether oxygens (including phenoxy) is 1. The van der Waals surface area contributed by atoms with Crippen LogP contribution in [-0.4, -0.2) is 135 Å². The number of imidazole rings is 2. The minimum Gasteiger partial charge on any atom is -0.387 e. The van der Waals surface area contributed by atoms with E-state index in [2.05, 4.69) is 93.6 Å². The van der Waals surface area contributed by atoms with Gasteiger partial charge >= 0.3 is 0 Å². The van der Waals surface area contributed by atoms with Crippen LogP contribution in [0.25, 0.3) is 22.2 Å². The Kier molecular flexibility index (Phi) is 16.7. The van der Waals surface area contributed by atoms with Gasteiger partial charge in [0.1, 0.15) is 42.3 Å². The fraction of sp³-hybridized carbons (Fsp3) is 0.589. The van der Waals surface area contributed by atoms with E-state index in [4.69, 9.17) is 9.72 Å². The topological polar surface area (TPSA) is 250 Å². The van der Waals surface area contributed by atoms with E-state index in [1.54, 1.807) is 29.1 Å². The van der Waals surface area contributed by atoms with Gasteiger partial charge in [0.15, 0.2) is 23.2 Å². The minimum absolute atomic E-state index is 0.0710. The van der Waals surface area contributed by atoms with Crippen LogP contribution < -0.4 is 16.0 Å². The third-order valence-electron chi connectivity index (χ3n) is 15.7. The molecule has 3 fully saturated rings. The number of carbonyl (C=O) groups excluding carboxylic acids is 5. The molecule has 6 N–H and O–H groups in total. The Hall–Kier alpha value is -6.15. The summed E-state index contributed by atoms with van der Waals surface area (Å²) in [4.78, 5) is 88.5. The van der Waals surface area contributed by atoms with E-state index in [9.17, 15) is 34.2 Å². The minimum atomic E-state index is -1.17. The van der Waals surface area contributed by atoms with Gasteiger partial charge in [0.2, 0.25) is 11.8 Å². The second-order valence-corrected chi connectivity index (χ2v) is 22.5. The molecular weight excluding hydrogens is 955 g/mol. The Labute approximate surface area is 438 Å². The molecule has 2 unspecified atom stereocenters. The number of aliphatic hydroxyl groups is 2. The molecule has 5 atom stereocenters. The van der Waals surface area contributed by atoms with E-state index in [1.807, 2.05) is 0 Å². The largest absolute Gasteiger partial charge is 0.387 e. The zero-order chi connectivity index (χ0) is 53.0. The number of unbranched alkanes of at least 4 members (excludes halogenated alkanes) is 6. The van der Waals surface area contributed by atoms with Crippen molar-refractivity contribution >= 4 is 63.1 Å². The number of piperidine rings is 1. The molecule has 5 aromatic rings. The van der Waals surface area contributed by atoms with E-state index in [1.165, 1.54) is 11.9 Å². The maximum Gasteiger partial charge on any atom is 0.264 e. The smallest absolute Gasteiger partial charge is 0.264 e. The average molecular weight is 1030 g/mol. The molecule has 1 saturated carbocycles. The van der Waals surface area contributed by atoms with Gasteiger partial charge in [-0.3, -0.25) is 43.7 Å². The second kappa shape index (κ2) is 23.4. The highest BCUT2D eigenvalue weighted by Gasteiger charge is 2.48. The molecule has 6 heterocycles. The Morgan fingerprint density at radius 2 is 1.63 bits per heavy atom. The van der Waals surface area contributed by atoms with E-state index in [0.717, 1.165) is 98.8 Å². The predicted octanol–water partition coefficient (Wildman–Crippen LogP) is 7.14. The number of imide groups is 2. The molecular formula is C56H75N11O8. The highest BCUT2D eigenvalue weighted by atomic mass is 16.6. The van der Waals surface area contributed by atoms with Crippen molar-refractivity contribution in [2.45, 2.75) is 185 Å². The Morgan fingerprint density at radius 3 is 2.37 bits per heavy atom. The number of benzene rings is 2. The van der Waals surface area contributed by atoms with E-state index >= 15 is 0 Å². The first-order valence-electron chi connectivity index (χ1n) is 27.3. The standard InChI is InChI=1S/C56H75N11O8/c1-33(2)65(36-27-34(28-36)19-23-44-62-39-21-20-35(56(3,4)5)29-41(39)63-44)30-43-48(70)49(71)55(75-43)66-32-61-47-50(59-31-60-51(47)66)58-26-13-9-11-16-37(68)15-10-7-6-8-12-25-57-40-18-14-17-38-46(40)54(74)67(53(38)73)42-22-24-45(69)64-52(42)72/h14,17-18,20-21,29,31-34,36,42-43,48-49,55,57,70-71H,6-13,15-16,19,22-28,30H2,1-5H3,(H,62,63)(H,58,59,60)(H,64,69,72)/t34?,36?,42?,43-,48?,49+,55-/m1/s1. The van der Waals surface area contributed by atoms with Gasteiger partial charge in [-0.15, -0.1) is 0 Å². The van der Waals surface area contributed by atoms with E-state index in [-0.39, 0.29) is 41.2 Å². The average Bonchev–Trinajstić information content (AvgIpc) is 4.12. The van der Waals surface area contributed by atoms with Crippen molar-refractivity contribution < 1.29 is 38.9 Å². The zero-order valence-electron chi connectivity index (χ0n) is 44.1. The number of rotatable bonds is 25. The van der Waals surface area contributed by atoms with Crippen LogP contribution in [0.1, 0.15) is 169 Å². The summed E-state index contributed by atoms with van der Waals surface area (Å²) in [6.07, 6.45) is 11.8. The molecule has 4 amide bonds. The van der Waals surface area contributed by atoms with Crippen molar-refractivity contribution in [2.75, 3.05) is 30.3 Å². The van der Waals surface area contributed by atoms with Gasteiger partial charge in [-0.05, 0) is 106 Å². The summed E-state index contributed by atoms with van der Waals surface area (Å²) in [5.41, 5.74) is 5.59. The predicted molar refractivity (Wildman–Crippen MR) is 284 cm³/mol. The maximum absolute atomic E-state index is 13.3. The molecule has 402 valence electrons. The number of aliphatic hydroxyl groups excluding tert-OH is 2. The lowest BCUT2D eigenvalue weighted by molar-refractivity contribution is -0.136. The van der Waals surface area contributed by atoms with Crippen LogP contribution >= 0.6 is 0 Å². The molecule has 0 bridgehead atoms. The Morgan fingerprint density at radius 1 is 0.893 bits per heavy atom. The number of aryl methyl sites for hydroxylation is 1. The van der Waals surface area contributed by atoms with Gasteiger partial charge in [0.05, 0.1) is 28.5 Å². The summed E-state index contributed by atoms with van der Waals surface area (Å²) >= 11 is 0. The third kappa shape index (κ3) is 12.1. The van der Waals surface area contributed by atoms with Gasteiger partial charge in [-0.25, -0.2) is 19.9 Å². The second-order valence-electron chi connectivity index (χ2n) is 22.5. The first-order chi connectivity index (χ1) is 36.0. The third-order valence-corrected chi connectivity index (χ3v) is 15.7.